The minimum Gasteiger partial charge on any atom is -0.496 e. The summed E-state index contributed by atoms with van der Waals surface area (Å²) in [7, 11) is 1.50. The van der Waals surface area contributed by atoms with E-state index in [-0.39, 0.29) is 18.0 Å². The maximum Gasteiger partial charge on any atom is 0.271 e. The summed E-state index contributed by atoms with van der Waals surface area (Å²) in [6, 6.07) is 8.55. The lowest BCUT2D eigenvalue weighted by molar-refractivity contribution is -0.384. The van der Waals surface area contributed by atoms with Crippen LogP contribution in [0.5, 0.6) is 17.2 Å². The Morgan fingerprint density at radius 2 is 1.96 bits per heavy atom. The van der Waals surface area contributed by atoms with Crippen molar-refractivity contribution in [2.45, 2.75) is 0 Å². The molecule has 1 aliphatic rings. The second-order valence-corrected chi connectivity index (χ2v) is 4.95. The van der Waals surface area contributed by atoms with Crippen LogP contribution in [0.3, 0.4) is 0 Å². The first-order valence-corrected chi connectivity index (χ1v) is 7.14. The molecule has 0 aromatic heterocycles. The minimum atomic E-state index is -0.536. The first-order valence-electron chi connectivity index (χ1n) is 7.14. The lowest BCUT2D eigenvalue weighted by Gasteiger charge is -2.06. The highest BCUT2D eigenvalue weighted by atomic mass is 16.7. The molecule has 1 N–H and O–H groups in total. The maximum atomic E-state index is 12.0. The van der Waals surface area contributed by atoms with Gasteiger partial charge in [-0.3, -0.25) is 14.9 Å². The van der Waals surface area contributed by atoms with E-state index in [1.165, 1.54) is 37.6 Å². The number of non-ortho nitro benzene ring substituents is 1. The number of amides is 1. The van der Waals surface area contributed by atoms with Gasteiger partial charge in [0.2, 0.25) is 6.79 Å². The lowest BCUT2D eigenvalue weighted by Crippen LogP contribution is -2.17. The number of ether oxygens (including phenoxy) is 3. The number of methoxy groups -OCH3 is 1. The molecule has 3 rings (SSSR count). The van der Waals surface area contributed by atoms with Gasteiger partial charge >= 0.3 is 0 Å². The van der Waals surface area contributed by atoms with Crippen molar-refractivity contribution >= 4 is 17.8 Å². The molecule has 0 saturated carbocycles. The molecule has 0 saturated heterocycles. The Labute approximate surface area is 142 Å². The molecule has 0 aliphatic carbocycles. The number of hydrogen-bond donors (Lipinski definition) is 1. The fraction of sp³-hybridized carbons (Fsp3) is 0.125. The third-order valence-electron chi connectivity index (χ3n) is 3.43. The fourth-order valence-corrected chi connectivity index (χ4v) is 2.18. The number of carbonyl (C=O) groups is 1. The zero-order valence-corrected chi connectivity index (χ0v) is 13.1. The number of nitrogens with zero attached hydrogens (tertiary/aromatic N) is 2. The predicted molar refractivity (Wildman–Crippen MR) is 87.3 cm³/mol. The van der Waals surface area contributed by atoms with Crippen LogP contribution in [-0.2, 0) is 0 Å². The van der Waals surface area contributed by atoms with Crippen LogP contribution in [0.4, 0.5) is 5.69 Å². The highest BCUT2D eigenvalue weighted by Gasteiger charge is 2.17. The summed E-state index contributed by atoms with van der Waals surface area (Å²) in [6.45, 7) is 0.135. The molecule has 1 amide bonds. The van der Waals surface area contributed by atoms with Crippen molar-refractivity contribution < 1.29 is 23.9 Å². The average Bonchev–Trinajstić information content (AvgIpc) is 3.08. The SMILES string of the molecule is COc1cc2c(cc1/C=N\NC(=O)c1ccc([N+](=O)[O-])cc1)OCO2. The Kier molecular flexibility index (Phi) is 4.46. The first-order chi connectivity index (χ1) is 12.1. The zero-order chi connectivity index (χ0) is 17.8. The van der Waals surface area contributed by atoms with Crippen LogP contribution in [0.2, 0.25) is 0 Å². The van der Waals surface area contributed by atoms with E-state index in [1.807, 2.05) is 0 Å². The molecule has 2 aromatic carbocycles. The second-order valence-electron chi connectivity index (χ2n) is 4.95. The Bertz CT molecular complexity index is 848. The van der Waals surface area contributed by atoms with Gasteiger partial charge in [0.1, 0.15) is 5.75 Å². The third-order valence-corrected chi connectivity index (χ3v) is 3.43. The summed E-state index contributed by atoms with van der Waals surface area (Å²) >= 11 is 0. The molecular weight excluding hydrogens is 330 g/mol. The first kappa shape index (κ1) is 16.2. The Balaban J connectivity index is 1.70. The number of fused-ring (bicyclic) bond motifs is 1. The maximum absolute atomic E-state index is 12.0. The zero-order valence-electron chi connectivity index (χ0n) is 13.1. The summed E-state index contributed by atoms with van der Waals surface area (Å²) in [4.78, 5) is 22.1. The van der Waals surface area contributed by atoms with Gasteiger partial charge in [-0.1, -0.05) is 0 Å². The number of benzene rings is 2. The van der Waals surface area contributed by atoms with Crippen molar-refractivity contribution in [2.24, 2.45) is 5.10 Å². The van der Waals surface area contributed by atoms with Gasteiger partial charge in [0, 0.05) is 29.3 Å². The van der Waals surface area contributed by atoms with Crippen LogP contribution in [0.15, 0.2) is 41.5 Å². The molecule has 0 spiro atoms. The van der Waals surface area contributed by atoms with Crippen LogP contribution in [0, 0.1) is 10.1 Å². The van der Waals surface area contributed by atoms with Crippen LogP contribution in [-0.4, -0.2) is 30.9 Å². The smallest absolute Gasteiger partial charge is 0.271 e. The van der Waals surface area contributed by atoms with E-state index >= 15 is 0 Å². The van der Waals surface area contributed by atoms with Gasteiger partial charge < -0.3 is 14.2 Å². The van der Waals surface area contributed by atoms with E-state index in [2.05, 4.69) is 10.5 Å². The molecule has 2 aromatic rings. The topological polar surface area (TPSA) is 112 Å². The predicted octanol–water partition coefficient (Wildman–Crippen LogP) is 2.10. The van der Waals surface area contributed by atoms with Gasteiger partial charge in [-0.05, 0) is 18.2 Å². The standard InChI is InChI=1S/C16H13N3O6/c1-23-13-7-15-14(24-9-25-15)6-11(13)8-17-18-16(20)10-2-4-12(5-3-10)19(21)22/h2-8H,9H2,1H3,(H,18,20)/b17-8-. The Hall–Kier alpha value is -3.62. The largest absolute Gasteiger partial charge is 0.496 e. The number of nitrogens with one attached hydrogen (secondary N) is 1. The van der Waals surface area contributed by atoms with E-state index in [1.54, 1.807) is 12.1 Å². The summed E-state index contributed by atoms with van der Waals surface area (Å²) in [6.07, 6.45) is 1.41. The Morgan fingerprint density at radius 3 is 2.60 bits per heavy atom. The second kappa shape index (κ2) is 6.87. The van der Waals surface area contributed by atoms with E-state index < -0.39 is 10.8 Å². The lowest BCUT2D eigenvalue weighted by atomic mass is 10.2. The molecule has 1 heterocycles. The summed E-state index contributed by atoms with van der Waals surface area (Å²) < 4.78 is 15.8. The molecule has 9 heteroatoms. The average molecular weight is 343 g/mol. The van der Waals surface area contributed by atoms with Crippen molar-refractivity contribution in [1.29, 1.82) is 0 Å². The molecule has 0 radical (unpaired) electrons. The van der Waals surface area contributed by atoms with Gasteiger partial charge in [0.05, 0.1) is 18.2 Å². The normalized spacial score (nSPS) is 12.2. The van der Waals surface area contributed by atoms with Crippen molar-refractivity contribution in [3.05, 3.63) is 57.6 Å². The van der Waals surface area contributed by atoms with Crippen LogP contribution < -0.4 is 19.6 Å². The van der Waals surface area contributed by atoms with Gasteiger partial charge in [0.15, 0.2) is 11.5 Å². The van der Waals surface area contributed by atoms with Gasteiger partial charge in [-0.2, -0.15) is 5.10 Å². The molecule has 9 nitrogen and oxygen atoms in total. The summed E-state index contributed by atoms with van der Waals surface area (Å²) in [5.74, 6) is 1.15. The molecule has 25 heavy (non-hydrogen) atoms. The van der Waals surface area contributed by atoms with Gasteiger partial charge in [0.25, 0.3) is 11.6 Å². The highest BCUT2D eigenvalue weighted by Crippen LogP contribution is 2.37. The van der Waals surface area contributed by atoms with E-state index in [9.17, 15) is 14.9 Å². The van der Waals surface area contributed by atoms with Crippen molar-refractivity contribution in [2.75, 3.05) is 13.9 Å². The van der Waals surface area contributed by atoms with Crippen molar-refractivity contribution in [1.82, 2.24) is 5.43 Å². The summed E-state index contributed by atoms with van der Waals surface area (Å²) in [5.41, 5.74) is 3.10. The van der Waals surface area contributed by atoms with E-state index in [0.717, 1.165) is 0 Å². The molecular formula is C16H13N3O6. The number of nitro groups is 1. The molecule has 1 aliphatic heterocycles. The van der Waals surface area contributed by atoms with Crippen LogP contribution in [0.25, 0.3) is 0 Å². The molecule has 128 valence electrons. The minimum absolute atomic E-state index is 0.0925. The number of carbonyl (C=O) groups excluding carboxylic acids is 1. The molecule has 0 atom stereocenters. The monoisotopic (exact) mass is 343 g/mol. The molecule has 0 bridgehead atoms. The van der Waals surface area contributed by atoms with E-state index in [0.29, 0.717) is 22.8 Å². The quantitative estimate of drug-likeness (QED) is 0.505. The fourth-order valence-electron chi connectivity index (χ4n) is 2.18. The summed E-state index contributed by atoms with van der Waals surface area (Å²) in [5, 5.41) is 14.5. The number of nitro benzene ring substituents is 1. The third kappa shape index (κ3) is 3.50. The highest BCUT2D eigenvalue weighted by molar-refractivity contribution is 5.95. The molecule has 0 unspecified atom stereocenters. The Morgan fingerprint density at radius 1 is 1.28 bits per heavy atom. The van der Waals surface area contributed by atoms with E-state index in [4.69, 9.17) is 14.2 Å². The number of hydrazone groups is 1. The van der Waals surface area contributed by atoms with Crippen LogP contribution >= 0.6 is 0 Å². The van der Waals surface area contributed by atoms with Crippen LogP contribution in [0.1, 0.15) is 15.9 Å². The van der Waals surface area contributed by atoms with Gasteiger partial charge in [-0.15, -0.1) is 0 Å². The number of rotatable bonds is 5. The van der Waals surface area contributed by atoms with Crippen molar-refractivity contribution in [3.63, 3.8) is 0 Å². The number of hydrogen-bond acceptors (Lipinski definition) is 7. The van der Waals surface area contributed by atoms with Gasteiger partial charge in [-0.25, -0.2) is 5.43 Å². The van der Waals surface area contributed by atoms with Crippen molar-refractivity contribution in [3.8, 4) is 17.2 Å². The molecule has 0 fully saturated rings.